The minimum absolute atomic E-state index is 0. The van der Waals surface area contributed by atoms with E-state index in [0.717, 1.165) is 32.2 Å². The van der Waals surface area contributed by atoms with Gasteiger partial charge in [-0.05, 0) is 73.5 Å². The zero-order valence-electron chi connectivity index (χ0n) is 18.7. The lowest BCUT2D eigenvalue weighted by atomic mass is 9.52. The summed E-state index contributed by atoms with van der Waals surface area (Å²) in [7, 11) is 1.38. The smallest absolute Gasteiger partial charge is 0.311 e. The number of nitro benzene ring substituents is 1. The first-order chi connectivity index (χ1) is 15.4. The quantitative estimate of drug-likeness (QED) is 0.386. The van der Waals surface area contributed by atoms with E-state index < -0.39 is 4.92 Å². The van der Waals surface area contributed by atoms with Crippen molar-refractivity contribution in [3.05, 3.63) is 63.2 Å². The molecule has 176 valence electrons. The number of nitro groups is 1. The minimum atomic E-state index is -0.514. The van der Waals surface area contributed by atoms with Crippen molar-refractivity contribution in [2.24, 2.45) is 5.92 Å². The maximum absolute atomic E-state index is 13.2. The molecule has 2 aromatic rings. The van der Waals surface area contributed by atoms with Crippen LogP contribution in [0.15, 0.2) is 36.4 Å². The normalized spacial score (nSPS) is 25.8. The van der Waals surface area contributed by atoms with Gasteiger partial charge in [-0.3, -0.25) is 19.8 Å². The average molecular weight is 473 g/mol. The van der Waals surface area contributed by atoms with E-state index in [1.54, 1.807) is 12.1 Å². The molecular weight excluding hydrogens is 444 g/mol. The number of carbonyl (C=O) groups is 1. The highest BCUT2D eigenvalue weighted by molar-refractivity contribution is 5.98. The van der Waals surface area contributed by atoms with Gasteiger partial charge in [0.25, 0.3) is 0 Å². The number of benzene rings is 2. The third-order valence-electron chi connectivity index (χ3n) is 7.98. The van der Waals surface area contributed by atoms with Gasteiger partial charge in [-0.1, -0.05) is 18.9 Å². The predicted octanol–water partition coefficient (Wildman–Crippen LogP) is 4.67. The third kappa shape index (κ3) is 3.87. The maximum Gasteiger partial charge on any atom is 0.311 e. The van der Waals surface area contributed by atoms with Crippen molar-refractivity contribution >= 4 is 23.9 Å². The van der Waals surface area contributed by atoms with Crippen molar-refractivity contribution in [1.82, 2.24) is 4.90 Å². The molecule has 3 aliphatic rings. The number of likely N-dealkylation sites (tertiary alicyclic amines) is 1. The van der Waals surface area contributed by atoms with Crippen LogP contribution in [0.5, 0.6) is 11.5 Å². The van der Waals surface area contributed by atoms with E-state index in [1.165, 1.54) is 43.2 Å². The Morgan fingerprint density at radius 1 is 1.24 bits per heavy atom. The van der Waals surface area contributed by atoms with E-state index in [1.807, 2.05) is 12.1 Å². The summed E-state index contributed by atoms with van der Waals surface area (Å²) in [5, 5.41) is 21.5. The molecule has 2 aliphatic carbocycles. The van der Waals surface area contributed by atoms with Gasteiger partial charge in [-0.15, -0.1) is 12.4 Å². The van der Waals surface area contributed by atoms with Crippen molar-refractivity contribution in [1.29, 1.82) is 0 Å². The van der Waals surface area contributed by atoms with Crippen LogP contribution < -0.4 is 4.74 Å². The predicted molar refractivity (Wildman–Crippen MR) is 127 cm³/mol. The number of fused-ring (bicyclic) bond motifs is 1. The molecule has 0 radical (unpaired) electrons. The topological polar surface area (TPSA) is 92.9 Å². The molecule has 0 amide bonds. The number of carbonyl (C=O) groups excluding carboxylic acids is 1. The van der Waals surface area contributed by atoms with Crippen LogP contribution in [0.3, 0.4) is 0 Å². The van der Waals surface area contributed by atoms with Gasteiger partial charge in [0.15, 0.2) is 11.5 Å². The first-order valence-corrected chi connectivity index (χ1v) is 11.3. The second-order valence-electron chi connectivity index (χ2n) is 9.41. The van der Waals surface area contributed by atoms with Crippen molar-refractivity contribution in [2.75, 3.05) is 20.2 Å². The van der Waals surface area contributed by atoms with Crippen LogP contribution in [0.25, 0.3) is 0 Å². The average Bonchev–Trinajstić information content (AvgIpc) is 2.80. The number of nitrogens with zero attached hydrogens (tertiary/aromatic N) is 2. The summed E-state index contributed by atoms with van der Waals surface area (Å²) in [5.41, 5.74) is 2.85. The maximum atomic E-state index is 13.2. The molecule has 0 spiro atoms. The van der Waals surface area contributed by atoms with Crippen LogP contribution in [0.2, 0.25) is 0 Å². The van der Waals surface area contributed by atoms with Gasteiger partial charge < -0.3 is 9.84 Å². The Hall–Kier alpha value is -2.64. The molecule has 3 atom stereocenters. The Kier molecular flexibility index (Phi) is 6.38. The molecule has 0 aromatic heterocycles. The number of phenolic OH excluding ortho intramolecular Hbond substituents is 1. The first kappa shape index (κ1) is 23.5. The van der Waals surface area contributed by atoms with Crippen LogP contribution in [0.1, 0.15) is 53.6 Å². The van der Waals surface area contributed by atoms with E-state index in [-0.39, 0.29) is 47.6 Å². The molecule has 5 rings (SSSR count). The summed E-state index contributed by atoms with van der Waals surface area (Å²) >= 11 is 0. The lowest BCUT2D eigenvalue weighted by Crippen LogP contribution is -2.61. The van der Waals surface area contributed by atoms with E-state index in [2.05, 4.69) is 4.90 Å². The highest BCUT2D eigenvalue weighted by Gasteiger charge is 2.53. The SMILES string of the molecule is COc1ccc(C(=O)CN2CC[C@@]34CCCC[C@H]3[C@@H]2Cc2ccc(O)cc24)cc1[N+](=O)[O-].Cl. The number of phenols is 1. The Morgan fingerprint density at radius 3 is 2.82 bits per heavy atom. The molecule has 1 heterocycles. The summed E-state index contributed by atoms with van der Waals surface area (Å²) in [5.74, 6) is 0.858. The van der Waals surface area contributed by atoms with Crippen molar-refractivity contribution < 1.29 is 19.6 Å². The third-order valence-corrected chi connectivity index (χ3v) is 7.98. The first-order valence-electron chi connectivity index (χ1n) is 11.3. The molecule has 2 aromatic carbocycles. The molecule has 2 fully saturated rings. The highest BCUT2D eigenvalue weighted by atomic mass is 35.5. The molecular formula is C25H29ClN2O5. The van der Waals surface area contributed by atoms with Gasteiger partial charge in [-0.2, -0.15) is 0 Å². The van der Waals surface area contributed by atoms with Crippen molar-refractivity contribution in [3.8, 4) is 11.5 Å². The van der Waals surface area contributed by atoms with Gasteiger partial charge >= 0.3 is 5.69 Å². The molecule has 7 nitrogen and oxygen atoms in total. The number of methoxy groups -OCH3 is 1. The zero-order valence-corrected chi connectivity index (χ0v) is 19.5. The van der Waals surface area contributed by atoms with Crippen LogP contribution in [0.4, 0.5) is 5.69 Å². The zero-order chi connectivity index (χ0) is 22.5. The van der Waals surface area contributed by atoms with Gasteiger partial charge in [0.2, 0.25) is 0 Å². The summed E-state index contributed by atoms with van der Waals surface area (Å²) < 4.78 is 5.06. The van der Waals surface area contributed by atoms with Gasteiger partial charge in [0, 0.05) is 23.1 Å². The number of Topliss-reactive ketones (excluding diaryl/α,β-unsaturated/α-hetero) is 1. The van der Waals surface area contributed by atoms with Crippen LogP contribution in [-0.2, 0) is 11.8 Å². The fourth-order valence-corrected chi connectivity index (χ4v) is 6.55. The summed E-state index contributed by atoms with van der Waals surface area (Å²) in [4.78, 5) is 26.3. The van der Waals surface area contributed by atoms with Crippen LogP contribution >= 0.6 is 12.4 Å². The van der Waals surface area contributed by atoms with Crippen LogP contribution in [0, 0.1) is 16.0 Å². The van der Waals surface area contributed by atoms with Gasteiger partial charge in [0.05, 0.1) is 18.6 Å². The minimum Gasteiger partial charge on any atom is -0.508 e. The molecule has 0 unspecified atom stereocenters. The lowest BCUT2D eigenvalue weighted by Gasteiger charge is -2.59. The van der Waals surface area contributed by atoms with Gasteiger partial charge in [0.1, 0.15) is 5.75 Å². The Bertz CT molecular complexity index is 1090. The number of halogens is 1. The van der Waals surface area contributed by atoms with E-state index >= 15 is 0 Å². The lowest BCUT2D eigenvalue weighted by molar-refractivity contribution is -0.385. The van der Waals surface area contributed by atoms with Crippen LogP contribution in [-0.4, -0.2) is 47.0 Å². The number of piperidine rings is 1. The summed E-state index contributed by atoms with van der Waals surface area (Å²) in [6, 6.07) is 10.5. The monoisotopic (exact) mass is 472 g/mol. The second kappa shape index (κ2) is 8.95. The fraction of sp³-hybridized carbons (Fsp3) is 0.480. The summed E-state index contributed by atoms with van der Waals surface area (Å²) in [6.45, 7) is 1.08. The Morgan fingerprint density at radius 2 is 2.06 bits per heavy atom. The van der Waals surface area contributed by atoms with E-state index in [0.29, 0.717) is 17.2 Å². The molecule has 1 aliphatic heterocycles. The molecule has 33 heavy (non-hydrogen) atoms. The number of ether oxygens (including phenoxy) is 1. The Labute approximate surface area is 199 Å². The van der Waals surface area contributed by atoms with Crippen molar-refractivity contribution in [2.45, 2.75) is 50.0 Å². The number of ketones is 1. The number of hydrogen-bond acceptors (Lipinski definition) is 6. The van der Waals surface area contributed by atoms with Gasteiger partial charge in [-0.25, -0.2) is 0 Å². The molecule has 8 heteroatoms. The molecule has 1 saturated heterocycles. The van der Waals surface area contributed by atoms with E-state index in [9.17, 15) is 20.0 Å². The summed E-state index contributed by atoms with van der Waals surface area (Å²) in [6.07, 6.45) is 6.52. The molecule has 2 bridgehead atoms. The number of rotatable bonds is 5. The Balaban J connectivity index is 0.00000259. The second-order valence-corrected chi connectivity index (χ2v) is 9.41. The van der Waals surface area contributed by atoms with E-state index in [4.69, 9.17) is 4.74 Å². The highest BCUT2D eigenvalue weighted by Crippen LogP contribution is 2.56. The molecule has 1 N–H and O–H groups in total. The number of aromatic hydroxyl groups is 1. The largest absolute Gasteiger partial charge is 0.508 e. The standard InChI is InChI=1S/C25H28N2O5.ClH/c1-32-24-8-6-17(13-22(24)27(30)31)23(29)15-26-11-10-25-9-3-2-4-19(25)21(26)12-16-5-7-18(28)14-20(16)25;/h5-8,13-14,19,21,28H,2-4,9-12,15H2,1H3;1H/t19-,21-,25-;/m0./s1. The van der Waals surface area contributed by atoms with Crippen molar-refractivity contribution in [3.63, 3.8) is 0 Å². The number of hydrogen-bond donors (Lipinski definition) is 1. The molecule has 1 saturated carbocycles. The fourth-order valence-electron chi connectivity index (χ4n) is 6.55.